The Bertz CT molecular complexity index is 373. The number of aromatic carboxylic acids is 1. The van der Waals surface area contributed by atoms with Crippen LogP contribution in [0.4, 0.5) is 5.69 Å². The monoisotopic (exact) mass is 255 g/mol. The van der Waals surface area contributed by atoms with Crippen LogP contribution < -0.4 is 5.73 Å². The van der Waals surface area contributed by atoms with E-state index >= 15 is 0 Å². The van der Waals surface area contributed by atoms with E-state index < -0.39 is 17.2 Å². The number of hydrogen-bond donors (Lipinski definition) is 4. The Hall–Kier alpha value is -1.59. The van der Waals surface area contributed by atoms with Crippen LogP contribution in [0, 0.1) is 0 Å². The van der Waals surface area contributed by atoms with E-state index in [1.165, 1.54) is 12.1 Å². The molecule has 18 heavy (non-hydrogen) atoms. The molecule has 0 unspecified atom stereocenters. The number of benzene rings is 1. The number of aliphatic hydroxyl groups is 2. The normalized spacial score (nSPS) is 11.4. The highest BCUT2D eigenvalue weighted by Crippen LogP contribution is 2.19. The van der Waals surface area contributed by atoms with Crippen LogP contribution in [-0.2, 0) is 0 Å². The Morgan fingerprint density at radius 3 is 1.56 bits per heavy atom. The fourth-order valence-corrected chi connectivity index (χ4v) is 0.626. The summed E-state index contributed by atoms with van der Waals surface area (Å²) in [5.41, 5.74) is 4.15. The van der Waals surface area contributed by atoms with Gasteiger partial charge in [-0.2, -0.15) is 0 Å². The molecule has 5 N–H and O–H groups in total. The Morgan fingerprint density at radius 2 is 1.33 bits per heavy atom. The number of carbonyl (C=O) groups is 1. The number of nitrogens with two attached hydrogens (primary N) is 1. The van der Waals surface area contributed by atoms with Gasteiger partial charge in [-0.15, -0.1) is 0 Å². The Balaban J connectivity index is 0.000000331. The van der Waals surface area contributed by atoms with Crippen LogP contribution in [0.15, 0.2) is 24.3 Å². The average Bonchev–Trinajstić information content (AvgIpc) is 2.16. The standard InChI is InChI=1S/C7H7NO2.C6H14O2/c8-6-3-1-5(2-4-6)7(9)10;1-5(2,7)6(3,4)8/h1-4H,8H2,(H,9,10);7-8H,1-4H3. The first-order chi connectivity index (χ1) is 7.95. The quantitative estimate of drug-likeness (QED) is 0.599. The first kappa shape index (κ1) is 16.4. The van der Waals surface area contributed by atoms with E-state index in [0.29, 0.717) is 5.69 Å². The molecular formula is C13H21NO4. The molecule has 102 valence electrons. The number of rotatable bonds is 2. The highest BCUT2D eigenvalue weighted by Gasteiger charge is 2.31. The molecule has 5 nitrogen and oxygen atoms in total. The van der Waals surface area contributed by atoms with Crippen molar-refractivity contribution < 1.29 is 20.1 Å². The van der Waals surface area contributed by atoms with Crippen molar-refractivity contribution in [3.05, 3.63) is 29.8 Å². The minimum atomic E-state index is -1.01. The summed E-state index contributed by atoms with van der Waals surface area (Å²) in [7, 11) is 0. The first-order valence-corrected chi connectivity index (χ1v) is 5.48. The van der Waals surface area contributed by atoms with Gasteiger partial charge in [0, 0.05) is 5.69 Å². The van der Waals surface area contributed by atoms with Crippen molar-refractivity contribution in [3.8, 4) is 0 Å². The van der Waals surface area contributed by atoms with Gasteiger partial charge >= 0.3 is 5.97 Å². The van der Waals surface area contributed by atoms with E-state index in [1.54, 1.807) is 39.8 Å². The average molecular weight is 255 g/mol. The highest BCUT2D eigenvalue weighted by molar-refractivity contribution is 5.87. The number of nitrogen functional groups attached to an aromatic ring is 1. The minimum Gasteiger partial charge on any atom is -0.478 e. The summed E-state index contributed by atoms with van der Waals surface area (Å²) in [6.07, 6.45) is 0. The predicted octanol–water partition coefficient (Wildman–Crippen LogP) is 1.50. The fourth-order valence-electron chi connectivity index (χ4n) is 0.626. The molecule has 1 aromatic rings. The van der Waals surface area contributed by atoms with Crippen molar-refractivity contribution in [3.63, 3.8) is 0 Å². The molecule has 1 rings (SSSR count). The molecule has 0 aliphatic carbocycles. The first-order valence-electron chi connectivity index (χ1n) is 5.48. The maximum Gasteiger partial charge on any atom is 0.335 e. The molecule has 0 atom stereocenters. The summed E-state index contributed by atoms with van der Waals surface area (Å²) in [4.78, 5) is 10.3. The summed E-state index contributed by atoms with van der Waals surface area (Å²) in [6.45, 7) is 6.31. The van der Waals surface area contributed by atoms with Crippen molar-refractivity contribution in [2.75, 3.05) is 5.73 Å². The molecular weight excluding hydrogens is 234 g/mol. The predicted molar refractivity (Wildman–Crippen MR) is 70.4 cm³/mol. The van der Waals surface area contributed by atoms with E-state index in [2.05, 4.69) is 0 Å². The summed E-state index contributed by atoms with van der Waals surface area (Å²) >= 11 is 0. The lowest BCUT2D eigenvalue weighted by Gasteiger charge is -2.31. The molecule has 0 aliphatic rings. The molecule has 0 aromatic heterocycles. The Kier molecular flexibility index (Phi) is 5.32. The van der Waals surface area contributed by atoms with Crippen LogP contribution in [0.2, 0.25) is 0 Å². The van der Waals surface area contributed by atoms with Crippen molar-refractivity contribution in [1.82, 2.24) is 0 Å². The molecule has 0 spiro atoms. The zero-order valence-corrected chi connectivity index (χ0v) is 11.1. The van der Waals surface area contributed by atoms with Crippen LogP contribution in [0.3, 0.4) is 0 Å². The lowest BCUT2D eigenvalue weighted by atomic mass is 9.90. The highest BCUT2D eigenvalue weighted by atomic mass is 16.4. The van der Waals surface area contributed by atoms with Gasteiger partial charge in [-0.05, 0) is 52.0 Å². The van der Waals surface area contributed by atoms with Crippen LogP contribution >= 0.6 is 0 Å². The molecule has 1 aromatic carbocycles. The second-order valence-corrected chi connectivity index (χ2v) is 5.05. The van der Waals surface area contributed by atoms with Gasteiger partial charge in [-0.25, -0.2) is 4.79 Å². The van der Waals surface area contributed by atoms with Gasteiger partial charge in [0.15, 0.2) is 0 Å². The van der Waals surface area contributed by atoms with E-state index in [0.717, 1.165) is 0 Å². The van der Waals surface area contributed by atoms with Crippen LogP contribution in [-0.4, -0.2) is 32.5 Å². The zero-order chi connectivity index (χ0) is 14.6. The van der Waals surface area contributed by atoms with Crippen molar-refractivity contribution in [2.45, 2.75) is 38.9 Å². The maximum absolute atomic E-state index is 10.3. The third-order valence-corrected chi connectivity index (χ3v) is 2.65. The zero-order valence-electron chi connectivity index (χ0n) is 11.1. The van der Waals surface area contributed by atoms with Gasteiger partial charge in [0.25, 0.3) is 0 Å². The lowest BCUT2D eigenvalue weighted by Crippen LogP contribution is -2.44. The molecule has 0 saturated carbocycles. The van der Waals surface area contributed by atoms with Crippen LogP contribution in [0.1, 0.15) is 38.1 Å². The molecule has 0 aliphatic heterocycles. The Morgan fingerprint density at radius 1 is 1.00 bits per heavy atom. The van der Waals surface area contributed by atoms with Crippen LogP contribution in [0.25, 0.3) is 0 Å². The molecule has 0 amide bonds. The molecule has 0 saturated heterocycles. The smallest absolute Gasteiger partial charge is 0.335 e. The van der Waals surface area contributed by atoms with E-state index in [-0.39, 0.29) is 5.56 Å². The topological polar surface area (TPSA) is 104 Å². The SMILES string of the molecule is CC(C)(O)C(C)(C)O.Nc1ccc(C(=O)O)cc1. The van der Waals surface area contributed by atoms with Crippen molar-refractivity contribution in [2.24, 2.45) is 0 Å². The Labute approximate surface area is 107 Å². The van der Waals surface area contributed by atoms with Gasteiger partial charge < -0.3 is 21.1 Å². The third kappa shape index (κ3) is 5.65. The second kappa shape index (κ2) is 5.84. The van der Waals surface area contributed by atoms with Gasteiger partial charge in [0.05, 0.1) is 16.8 Å². The summed E-state index contributed by atoms with van der Waals surface area (Å²) in [5.74, 6) is -0.931. The van der Waals surface area contributed by atoms with Crippen molar-refractivity contribution in [1.29, 1.82) is 0 Å². The summed E-state index contributed by atoms with van der Waals surface area (Å²) in [6, 6.07) is 6.06. The lowest BCUT2D eigenvalue weighted by molar-refractivity contribution is -0.107. The molecule has 0 heterocycles. The third-order valence-electron chi connectivity index (χ3n) is 2.65. The van der Waals surface area contributed by atoms with Crippen LogP contribution in [0.5, 0.6) is 0 Å². The van der Waals surface area contributed by atoms with E-state index in [9.17, 15) is 4.79 Å². The maximum atomic E-state index is 10.3. The number of hydrogen-bond acceptors (Lipinski definition) is 4. The molecule has 5 heteroatoms. The second-order valence-electron chi connectivity index (χ2n) is 5.05. The minimum absolute atomic E-state index is 0.259. The molecule has 0 radical (unpaired) electrons. The number of carboxylic acid groups (broad SMARTS) is 1. The van der Waals surface area contributed by atoms with E-state index in [1.807, 2.05) is 0 Å². The molecule has 0 fully saturated rings. The van der Waals surface area contributed by atoms with E-state index in [4.69, 9.17) is 21.1 Å². The molecule has 0 bridgehead atoms. The van der Waals surface area contributed by atoms with Gasteiger partial charge in [0.1, 0.15) is 0 Å². The van der Waals surface area contributed by atoms with Crippen molar-refractivity contribution >= 4 is 11.7 Å². The largest absolute Gasteiger partial charge is 0.478 e. The summed E-state index contributed by atoms with van der Waals surface area (Å²) < 4.78 is 0. The van der Waals surface area contributed by atoms with Gasteiger partial charge in [-0.1, -0.05) is 0 Å². The van der Waals surface area contributed by atoms with Gasteiger partial charge in [0.2, 0.25) is 0 Å². The summed E-state index contributed by atoms with van der Waals surface area (Å²) in [5, 5.41) is 26.6. The number of anilines is 1. The number of carboxylic acids is 1. The fraction of sp³-hybridized carbons (Fsp3) is 0.462. The van der Waals surface area contributed by atoms with Gasteiger partial charge in [-0.3, -0.25) is 0 Å².